The molecule has 27 heavy (non-hydrogen) atoms. The van der Waals surface area contributed by atoms with E-state index in [4.69, 9.17) is 4.98 Å². The van der Waals surface area contributed by atoms with Crippen LogP contribution in [0.5, 0.6) is 0 Å². The quantitative estimate of drug-likeness (QED) is 0.669. The van der Waals surface area contributed by atoms with Gasteiger partial charge in [0.05, 0.1) is 11.4 Å². The summed E-state index contributed by atoms with van der Waals surface area (Å²) < 4.78 is 0. The van der Waals surface area contributed by atoms with Gasteiger partial charge in [-0.3, -0.25) is 9.69 Å². The van der Waals surface area contributed by atoms with Gasteiger partial charge in [0.2, 0.25) is 0 Å². The molecule has 3 unspecified atom stereocenters. The Balaban J connectivity index is 1.52. The maximum Gasteiger partial charge on any atom is 0.259 e. The number of hydrogen-bond donors (Lipinski definition) is 1. The molecule has 3 aromatic heterocycles. The Morgan fingerprint density at radius 2 is 2.26 bits per heavy atom. The highest BCUT2D eigenvalue weighted by Gasteiger charge is 2.32. The molecule has 1 aliphatic heterocycles. The highest BCUT2D eigenvalue weighted by atomic mass is 32.1. The zero-order valence-corrected chi connectivity index (χ0v) is 17.5. The van der Waals surface area contributed by atoms with E-state index >= 15 is 0 Å². The summed E-state index contributed by atoms with van der Waals surface area (Å²) in [7, 11) is 0. The topological polar surface area (TPSA) is 49.0 Å². The van der Waals surface area contributed by atoms with Crippen molar-refractivity contribution in [3.63, 3.8) is 0 Å². The molecule has 0 saturated carbocycles. The van der Waals surface area contributed by atoms with Crippen molar-refractivity contribution in [2.75, 3.05) is 6.54 Å². The molecule has 0 radical (unpaired) electrons. The van der Waals surface area contributed by atoms with Crippen molar-refractivity contribution in [3.8, 4) is 0 Å². The number of aryl methyl sites for hydroxylation is 1. The number of aromatic amines is 1. The van der Waals surface area contributed by atoms with Crippen molar-refractivity contribution >= 4 is 32.9 Å². The van der Waals surface area contributed by atoms with E-state index in [1.165, 1.54) is 34.6 Å². The lowest BCUT2D eigenvalue weighted by Gasteiger charge is -2.29. The van der Waals surface area contributed by atoms with Crippen LogP contribution in [0.2, 0.25) is 0 Å². The van der Waals surface area contributed by atoms with Gasteiger partial charge >= 0.3 is 0 Å². The number of H-pyrrole nitrogens is 1. The van der Waals surface area contributed by atoms with Gasteiger partial charge in [0.25, 0.3) is 5.56 Å². The number of rotatable bonds is 3. The molecule has 1 fully saturated rings. The maximum atomic E-state index is 12.9. The lowest BCUT2D eigenvalue weighted by atomic mass is 9.89. The maximum absolute atomic E-state index is 12.9. The van der Waals surface area contributed by atoms with Crippen molar-refractivity contribution in [3.05, 3.63) is 49.0 Å². The van der Waals surface area contributed by atoms with Gasteiger partial charge in [-0.25, -0.2) is 4.98 Å². The van der Waals surface area contributed by atoms with Crippen molar-refractivity contribution in [2.45, 2.75) is 58.0 Å². The molecule has 1 N–H and O–H groups in total. The average Bonchev–Trinajstić information content (AvgIpc) is 3.38. The second-order valence-electron chi connectivity index (χ2n) is 8.07. The van der Waals surface area contributed by atoms with Crippen LogP contribution in [0.1, 0.15) is 66.3 Å². The number of thiophene rings is 2. The van der Waals surface area contributed by atoms with Gasteiger partial charge in [0, 0.05) is 15.8 Å². The summed E-state index contributed by atoms with van der Waals surface area (Å²) in [6.07, 6.45) is 5.66. The van der Waals surface area contributed by atoms with Crippen LogP contribution in [0, 0.1) is 5.92 Å². The fourth-order valence-corrected chi connectivity index (χ4v) is 7.03. The highest BCUT2D eigenvalue weighted by molar-refractivity contribution is 7.18. The Labute approximate surface area is 167 Å². The summed E-state index contributed by atoms with van der Waals surface area (Å²) in [6.45, 7) is 5.55. The van der Waals surface area contributed by atoms with Crippen molar-refractivity contribution < 1.29 is 0 Å². The Kier molecular flexibility index (Phi) is 4.45. The fourth-order valence-electron chi connectivity index (χ4n) is 4.76. The van der Waals surface area contributed by atoms with Crippen LogP contribution in [-0.2, 0) is 12.8 Å². The van der Waals surface area contributed by atoms with Crippen LogP contribution >= 0.6 is 22.7 Å². The van der Waals surface area contributed by atoms with E-state index in [0.29, 0.717) is 12.0 Å². The second kappa shape index (κ2) is 6.83. The number of nitrogens with one attached hydrogen (secondary N) is 1. The molecular formula is C21H25N3OS2. The molecule has 0 bridgehead atoms. The summed E-state index contributed by atoms with van der Waals surface area (Å²) in [5.41, 5.74) is 1.32. The Morgan fingerprint density at radius 1 is 1.37 bits per heavy atom. The summed E-state index contributed by atoms with van der Waals surface area (Å²) in [6, 6.07) is 4.92. The predicted octanol–water partition coefficient (Wildman–Crippen LogP) is 5.07. The molecule has 142 valence electrons. The third-order valence-corrected chi connectivity index (χ3v) is 8.36. The standard InChI is InChI=1S/C21H25N3OS2/c1-12-7-8-14-17(11-12)27-21-18(14)20(25)22-19(23-21)13(2)24-9-3-5-15(24)16-6-4-10-26-16/h4,6,10,12-13,15H,3,5,7-9,11H2,1-2H3,(H,22,23,25). The summed E-state index contributed by atoms with van der Waals surface area (Å²) in [5, 5.41) is 3.01. The predicted molar refractivity (Wildman–Crippen MR) is 113 cm³/mol. The van der Waals surface area contributed by atoms with Crippen LogP contribution in [-0.4, -0.2) is 21.4 Å². The average molecular weight is 400 g/mol. The molecule has 4 nitrogen and oxygen atoms in total. The van der Waals surface area contributed by atoms with E-state index in [1.807, 2.05) is 11.3 Å². The van der Waals surface area contributed by atoms with Gasteiger partial charge in [-0.1, -0.05) is 13.0 Å². The second-order valence-corrected chi connectivity index (χ2v) is 10.1. The fraction of sp³-hybridized carbons (Fsp3) is 0.524. The number of hydrogen-bond acceptors (Lipinski definition) is 5. The van der Waals surface area contributed by atoms with Gasteiger partial charge in [-0.05, 0) is 68.5 Å². The Bertz CT molecular complexity index is 1020. The summed E-state index contributed by atoms with van der Waals surface area (Å²) in [5.74, 6) is 1.53. The van der Waals surface area contributed by atoms with Gasteiger partial charge < -0.3 is 4.98 Å². The molecule has 1 aliphatic carbocycles. The van der Waals surface area contributed by atoms with Gasteiger partial charge in [-0.15, -0.1) is 22.7 Å². The van der Waals surface area contributed by atoms with E-state index in [0.717, 1.165) is 35.4 Å². The molecule has 0 aromatic carbocycles. The van der Waals surface area contributed by atoms with Crippen LogP contribution in [0.15, 0.2) is 22.3 Å². The van der Waals surface area contributed by atoms with E-state index < -0.39 is 0 Å². The number of nitrogens with zero attached hydrogens (tertiary/aromatic N) is 2. The SMILES string of the molecule is CC1CCc2c(sc3nc(C(C)N4CCCC4c4cccs4)[nH]c(=O)c23)C1. The third-order valence-electron chi connectivity index (χ3n) is 6.24. The zero-order valence-electron chi connectivity index (χ0n) is 15.8. The zero-order chi connectivity index (χ0) is 18.5. The first-order valence-electron chi connectivity index (χ1n) is 9.95. The summed E-state index contributed by atoms with van der Waals surface area (Å²) in [4.78, 5) is 27.3. The molecular weight excluding hydrogens is 374 g/mol. The van der Waals surface area contributed by atoms with Crippen LogP contribution in [0.25, 0.3) is 10.2 Å². The molecule has 0 amide bonds. The Morgan fingerprint density at radius 3 is 3.07 bits per heavy atom. The molecule has 4 heterocycles. The molecule has 0 spiro atoms. The number of likely N-dealkylation sites (tertiary alicyclic amines) is 1. The molecule has 3 aromatic rings. The first-order chi connectivity index (χ1) is 13.1. The molecule has 3 atom stereocenters. The van der Waals surface area contributed by atoms with Gasteiger partial charge in [0.1, 0.15) is 10.7 Å². The van der Waals surface area contributed by atoms with Gasteiger partial charge in [-0.2, -0.15) is 0 Å². The van der Waals surface area contributed by atoms with E-state index in [1.54, 1.807) is 11.3 Å². The van der Waals surface area contributed by atoms with Crippen molar-refractivity contribution in [1.29, 1.82) is 0 Å². The van der Waals surface area contributed by atoms with Crippen LogP contribution in [0.4, 0.5) is 0 Å². The smallest absolute Gasteiger partial charge is 0.259 e. The van der Waals surface area contributed by atoms with Crippen LogP contribution < -0.4 is 5.56 Å². The van der Waals surface area contributed by atoms with Gasteiger partial charge in [0.15, 0.2) is 0 Å². The largest absolute Gasteiger partial charge is 0.309 e. The number of aromatic nitrogens is 2. The summed E-state index contributed by atoms with van der Waals surface area (Å²) >= 11 is 3.57. The number of fused-ring (bicyclic) bond motifs is 3. The minimum absolute atomic E-state index is 0.0563. The van der Waals surface area contributed by atoms with E-state index in [9.17, 15) is 4.79 Å². The first kappa shape index (κ1) is 17.6. The molecule has 1 saturated heterocycles. The minimum Gasteiger partial charge on any atom is -0.309 e. The minimum atomic E-state index is 0.0563. The van der Waals surface area contributed by atoms with Crippen molar-refractivity contribution in [1.82, 2.24) is 14.9 Å². The highest BCUT2D eigenvalue weighted by Crippen LogP contribution is 2.40. The van der Waals surface area contributed by atoms with E-state index in [-0.39, 0.29) is 11.6 Å². The van der Waals surface area contributed by atoms with E-state index in [2.05, 4.69) is 41.2 Å². The third kappa shape index (κ3) is 2.98. The Hall–Kier alpha value is -1.50. The normalized spacial score (nSPS) is 24.4. The first-order valence-corrected chi connectivity index (χ1v) is 11.6. The lowest BCUT2D eigenvalue weighted by Crippen LogP contribution is -2.29. The lowest BCUT2D eigenvalue weighted by molar-refractivity contribution is 0.189. The molecule has 2 aliphatic rings. The van der Waals surface area contributed by atoms with Crippen molar-refractivity contribution in [2.24, 2.45) is 5.92 Å². The molecule has 6 heteroatoms. The van der Waals surface area contributed by atoms with Crippen LogP contribution in [0.3, 0.4) is 0 Å². The monoisotopic (exact) mass is 399 g/mol. The molecule has 5 rings (SSSR count).